The second-order valence-corrected chi connectivity index (χ2v) is 11.1. The summed E-state index contributed by atoms with van der Waals surface area (Å²) in [6.07, 6.45) is -7.45. The van der Waals surface area contributed by atoms with Crippen LogP contribution in [0.15, 0.2) is 79.1 Å². The van der Waals surface area contributed by atoms with E-state index in [1.807, 2.05) is 0 Å². The van der Waals surface area contributed by atoms with Gasteiger partial charge in [0.05, 0.1) is 29.0 Å². The van der Waals surface area contributed by atoms with E-state index in [0.29, 0.717) is 40.9 Å². The number of nitrogens with two attached hydrogens (primary N) is 1. The molecule has 3 heterocycles. The van der Waals surface area contributed by atoms with Crippen LogP contribution in [0.1, 0.15) is 29.2 Å². The van der Waals surface area contributed by atoms with Crippen LogP contribution in [0, 0.1) is 0 Å². The van der Waals surface area contributed by atoms with Crippen molar-refractivity contribution in [1.82, 2.24) is 24.6 Å². The standard InChI is InChI=1S/C32H26F6N8O2/c33-31(34,35)20-4-1-3-18(13-20)14-25(47)45-12-11-24(16-45)46-29-26(28(39)40-17-41-29)27(44-46)19-7-9-22(10-8-19)42-30(48)43-23-6-2-5-21(15-23)32(36,37)38/h1-10,13,15,17,24H,11-12,14,16H2,(H2,39,40,41)(H2,42,43,48)/t24-/m1/s1. The molecular formula is C32H26F6N8O2. The van der Waals surface area contributed by atoms with Crippen molar-refractivity contribution in [2.24, 2.45) is 0 Å². The number of rotatable bonds is 6. The van der Waals surface area contributed by atoms with E-state index in [0.717, 1.165) is 24.3 Å². The Morgan fingerprint density at radius 2 is 1.52 bits per heavy atom. The zero-order valence-electron chi connectivity index (χ0n) is 24.8. The first kappa shape index (κ1) is 32.3. The number of benzene rings is 3. The van der Waals surface area contributed by atoms with Crippen molar-refractivity contribution < 1.29 is 35.9 Å². The van der Waals surface area contributed by atoms with Gasteiger partial charge in [0, 0.05) is 30.0 Å². The Morgan fingerprint density at radius 3 is 2.23 bits per heavy atom. The number of fused-ring (bicyclic) bond motifs is 1. The number of amides is 3. The van der Waals surface area contributed by atoms with Crippen molar-refractivity contribution >= 4 is 40.2 Å². The molecule has 4 N–H and O–H groups in total. The summed E-state index contributed by atoms with van der Waals surface area (Å²) in [5.74, 6) is -0.151. The number of nitrogen functional groups attached to an aromatic ring is 1. The highest BCUT2D eigenvalue weighted by atomic mass is 19.4. The maximum absolute atomic E-state index is 13.1. The van der Waals surface area contributed by atoms with Crippen LogP contribution in [-0.2, 0) is 23.6 Å². The predicted molar refractivity (Wildman–Crippen MR) is 165 cm³/mol. The number of alkyl halides is 6. The molecule has 0 bridgehead atoms. The van der Waals surface area contributed by atoms with Gasteiger partial charge in [0.15, 0.2) is 5.65 Å². The second kappa shape index (κ2) is 12.5. The summed E-state index contributed by atoms with van der Waals surface area (Å²) in [5.41, 5.74) is 6.56. The lowest BCUT2D eigenvalue weighted by molar-refractivity contribution is -0.138. The Bertz CT molecular complexity index is 1990. The quantitative estimate of drug-likeness (QED) is 0.171. The van der Waals surface area contributed by atoms with Gasteiger partial charge in [-0.3, -0.25) is 4.79 Å². The molecule has 3 aromatic carbocycles. The van der Waals surface area contributed by atoms with E-state index in [2.05, 4.69) is 20.6 Å². The van der Waals surface area contributed by atoms with Gasteiger partial charge in [0.25, 0.3) is 0 Å². The fraction of sp³-hybridized carbons (Fsp3) is 0.219. The molecule has 16 heteroatoms. The molecule has 0 unspecified atom stereocenters. The number of nitrogens with zero attached hydrogens (tertiary/aromatic N) is 5. The molecule has 6 rings (SSSR count). The van der Waals surface area contributed by atoms with Gasteiger partial charge >= 0.3 is 18.4 Å². The molecule has 0 saturated carbocycles. The van der Waals surface area contributed by atoms with Crippen LogP contribution in [0.25, 0.3) is 22.3 Å². The van der Waals surface area contributed by atoms with Gasteiger partial charge in [-0.2, -0.15) is 31.4 Å². The average molecular weight is 669 g/mol. The highest BCUT2D eigenvalue weighted by molar-refractivity contribution is 6.01. The van der Waals surface area contributed by atoms with Crippen LogP contribution in [0.2, 0.25) is 0 Å². The van der Waals surface area contributed by atoms with E-state index in [9.17, 15) is 35.9 Å². The van der Waals surface area contributed by atoms with Crippen molar-refractivity contribution in [2.45, 2.75) is 31.2 Å². The number of likely N-dealkylation sites (tertiary alicyclic amines) is 1. The third kappa shape index (κ3) is 6.86. The van der Waals surface area contributed by atoms with E-state index in [1.165, 1.54) is 30.6 Å². The average Bonchev–Trinajstić information content (AvgIpc) is 3.67. The minimum absolute atomic E-state index is 0.0331. The Balaban J connectivity index is 1.17. The second-order valence-electron chi connectivity index (χ2n) is 11.1. The maximum atomic E-state index is 13.1. The van der Waals surface area contributed by atoms with Crippen LogP contribution in [0.3, 0.4) is 0 Å². The molecule has 2 aromatic heterocycles. The normalized spacial score (nSPS) is 15.1. The van der Waals surface area contributed by atoms with Crippen molar-refractivity contribution in [2.75, 3.05) is 29.5 Å². The van der Waals surface area contributed by atoms with Gasteiger partial charge in [-0.15, -0.1) is 0 Å². The topological polar surface area (TPSA) is 131 Å². The number of anilines is 3. The number of carbonyl (C=O) groups is 2. The van der Waals surface area contributed by atoms with Crippen LogP contribution < -0.4 is 16.4 Å². The van der Waals surface area contributed by atoms with Gasteiger partial charge in [-0.1, -0.05) is 36.4 Å². The van der Waals surface area contributed by atoms with E-state index in [-0.39, 0.29) is 42.0 Å². The molecule has 1 saturated heterocycles. The molecule has 1 aliphatic heterocycles. The van der Waals surface area contributed by atoms with Crippen LogP contribution in [0.4, 0.5) is 48.3 Å². The first-order valence-corrected chi connectivity index (χ1v) is 14.5. The number of hydrogen-bond donors (Lipinski definition) is 3. The summed E-state index contributed by atoms with van der Waals surface area (Å²) in [5, 5.41) is 10.2. The highest BCUT2D eigenvalue weighted by Gasteiger charge is 2.33. The number of nitrogens with one attached hydrogen (secondary N) is 2. The van der Waals surface area contributed by atoms with Gasteiger partial charge in [-0.25, -0.2) is 19.4 Å². The Kier molecular flexibility index (Phi) is 8.41. The lowest BCUT2D eigenvalue weighted by atomic mass is 10.1. The van der Waals surface area contributed by atoms with Gasteiger partial charge in [-0.05, 0) is 48.4 Å². The number of aromatic nitrogens is 4. The molecule has 48 heavy (non-hydrogen) atoms. The summed E-state index contributed by atoms with van der Waals surface area (Å²) in [4.78, 5) is 35.6. The fourth-order valence-corrected chi connectivity index (χ4v) is 5.54. The first-order valence-electron chi connectivity index (χ1n) is 14.5. The lowest BCUT2D eigenvalue weighted by Gasteiger charge is -2.17. The van der Waals surface area contributed by atoms with E-state index >= 15 is 0 Å². The first-order chi connectivity index (χ1) is 22.8. The van der Waals surface area contributed by atoms with E-state index in [4.69, 9.17) is 10.8 Å². The van der Waals surface area contributed by atoms with Crippen LogP contribution in [0.5, 0.6) is 0 Å². The van der Waals surface area contributed by atoms with Gasteiger partial charge in [0.1, 0.15) is 17.8 Å². The molecular weight excluding hydrogens is 642 g/mol. The van der Waals surface area contributed by atoms with E-state index in [1.54, 1.807) is 33.8 Å². The lowest BCUT2D eigenvalue weighted by Crippen LogP contribution is -2.30. The van der Waals surface area contributed by atoms with Crippen molar-refractivity contribution in [3.8, 4) is 11.3 Å². The summed E-state index contributed by atoms with van der Waals surface area (Å²) in [6, 6.07) is 14.4. The summed E-state index contributed by atoms with van der Waals surface area (Å²) >= 11 is 0. The molecule has 0 aliphatic carbocycles. The molecule has 5 aromatic rings. The molecule has 3 amide bonds. The zero-order valence-corrected chi connectivity index (χ0v) is 24.8. The number of hydrogen-bond acceptors (Lipinski definition) is 6. The highest BCUT2D eigenvalue weighted by Crippen LogP contribution is 2.35. The molecule has 248 valence electrons. The minimum atomic E-state index is -4.56. The van der Waals surface area contributed by atoms with Gasteiger partial charge < -0.3 is 21.3 Å². The predicted octanol–water partition coefficient (Wildman–Crippen LogP) is 6.77. The molecule has 0 radical (unpaired) electrons. The Morgan fingerprint density at radius 1 is 0.854 bits per heavy atom. The SMILES string of the molecule is Nc1ncnc2c1c(-c1ccc(NC(=O)Nc3cccc(C(F)(F)F)c3)cc1)nn2[C@@H]1CCN(C(=O)Cc2cccc(C(F)(F)F)c2)C1. The monoisotopic (exact) mass is 668 g/mol. The molecule has 1 atom stereocenters. The molecule has 1 fully saturated rings. The zero-order chi connectivity index (χ0) is 34.2. The fourth-order valence-electron chi connectivity index (χ4n) is 5.54. The number of carbonyl (C=O) groups excluding carboxylic acids is 2. The summed E-state index contributed by atoms with van der Waals surface area (Å²) < 4.78 is 80.1. The van der Waals surface area contributed by atoms with Gasteiger partial charge in [0.2, 0.25) is 5.91 Å². The minimum Gasteiger partial charge on any atom is -0.383 e. The third-order valence-electron chi connectivity index (χ3n) is 7.85. The molecule has 10 nitrogen and oxygen atoms in total. The van der Waals surface area contributed by atoms with E-state index < -0.39 is 29.5 Å². The largest absolute Gasteiger partial charge is 0.416 e. The Labute approximate surface area is 268 Å². The summed E-state index contributed by atoms with van der Waals surface area (Å²) in [6.45, 7) is 0.615. The maximum Gasteiger partial charge on any atom is 0.416 e. The summed E-state index contributed by atoms with van der Waals surface area (Å²) in [7, 11) is 0. The molecule has 1 aliphatic rings. The van der Waals surface area contributed by atoms with Crippen molar-refractivity contribution in [3.63, 3.8) is 0 Å². The Hall–Kier alpha value is -5.67. The number of halogens is 6. The van der Waals surface area contributed by atoms with Crippen molar-refractivity contribution in [1.29, 1.82) is 0 Å². The third-order valence-corrected chi connectivity index (χ3v) is 7.85. The molecule has 0 spiro atoms. The van der Waals surface area contributed by atoms with Crippen molar-refractivity contribution in [3.05, 3.63) is 95.8 Å². The van der Waals surface area contributed by atoms with Crippen LogP contribution >= 0.6 is 0 Å². The smallest absolute Gasteiger partial charge is 0.383 e. The van der Waals surface area contributed by atoms with Crippen LogP contribution in [-0.4, -0.2) is 49.7 Å². The number of urea groups is 1.